The van der Waals surface area contributed by atoms with E-state index in [1.165, 1.54) is 6.07 Å². The van der Waals surface area contributed by atoms with E-state index in [4.69, 9.17) is 11.5 Å². The molecule has 0 saturated heterocycles. The monoisotopic (exact) mass is 334 g/mol. The van der Waals surface area contributed by atoms with Crippen molar-refractivity contribution in [2.45, 2.75) is 44.7 Å². The second-order valence-electron chi connectivity index (χ2n) is 6.17. The molecule has 1 saturated carbocycles. The summed E-state index contributed by atoms with van der Waals surface area (Å²) in [6.07, 6.45) is 4.14. The molecule has 8 nitrogen and oxygen atoms in total. The molecule has 1 aromatic carbocycles. The van der Waals surface area contributed by atoms with Gasteiger partial charge in [-0.15, -0.1) is 0 Å². The molecule has 1 fully saturated rings. The Labute approximate surface area is 138 Å². The average molecular weight is 334 g/mol. The minimum absolute atomic E-state index is 0.0437. The Morgan fingerprint density at radius 3 is 2.58 bits per heavy atom. The zero-order valence-corrected chi connectivity index (χ0v) is 13.3. The Balaban J connectivity index is 2.23. The Kier molecular flexibility index (Phi) is 3.86. The maximum absolute atomic E-state index is 13.7. The van der Waals surface area contributed by atoms with Crippen LogP contribution in [-0.4, -0.2) is 22.5 Å². The van der Waals surface area contributed by atoms with Crippen LogP contribution in [0.25, 0.3) is 0 Å². The van der Waals surface area contributed by atoms with Gasteiger partial charge in [0.2, 0.25) is 11.9 Å². The van der Waals surface area contributed by atoms with E-state index in [1.54, 1.807) is 11.8 Å². The normalized spacial score (nSPS) is 19.8. The second kappa shape index (κ2) is 5.73. The first-order valence-corrected chi connectivity index (χ1v) is 7.78. The first-order valence-electron chi connectivity index (χ1n) is 7.78. The number of nitro groups is 1. The van der Waals surface area contributed by atoms with Crippen molar-refractivity contribution in [2.24, 2.45) is 21.5 Å². The van der Waals surface area contributed by atoms with Gasteiger partial charge in [0.25, 0.3) is 5.69 Å². The van der Waals surface area contributed by atoms with Crippen LogP contribution < -0.4 is 16.4 Å². The lowest BCUT2D eigenvalue weighted by Crippen LogP contribution is -2.58. The van der Waals surface area contributed by atoms with Gasteiger partial charge in [-0.25, -0.2) is 9.38 Å². The molecule has 1 spiro atoms. The Bertz CT molecular complexity index is 755. The van der Waals surface area contributed by atoms with Gasteiger partial charge in [0.15, 0.2) is 0 Å². The van der Waals surface area contributed by atoms with Crippen LogP contribution in [0.5, 0.6) is 0 Å². The van der Waals surface area contributed by atoms with E-state index in [1.807, 2.05) is 0 Å². The van der Waals surface area contributed by atoms with E-state index in [2.05, 4.69) is 9.98 Å². The quantitative estimate of drug-likeness (QED) is 0.633. The van der Waals surface area contributed by atoms with Crippen LogP contribution in [0.4, 0.5) is 15.8 Å². The minimum Gasteiger partial charge on any atom is -0.369 e. The third-order valence-corrected chi connectivity index (χ3v) is 4.52. The fraction of sp³-hybridized carbons (Fsp3) is 0.467. The number of aliphatic imine (C=N–C) groups is 2. The number of aryl methyl sites for hydroxylation is 1. The molecule has 0 atom stereocenters. The van der Waals surface area contributed by atoms with Crippen molar-refractivity contribution < 1.29 is 9.31 Å². The molecule has 2 aliphatic rings. The molecule has 0 bridgehead atoms. The highest BCUT2D eigenvalue weighted by Crippen LogP contribution is 2.44. The number of guanidine groups is 2. The highest BCUT2D eigenvalue weighted by Gasteiger charge is 2.45. The lowest BCUT2D eigenvalue weighted by molar-refractivity contribution is -0.384. The number of nitrogens with two attached hydrogens (primary N) is 2. The fourth-order valence-electron chi connectivity index (χ4n) is 3.59. The minimum atomic E-state index is -0.804. The number of halogens is 1. The van der Waals surface area contributed by atoms with E-state index in [-0.39, 0.29) is 23.3 Å². The van der Waals surface area contributed by atoms with Crippen molar-refractivity contribution in [2.75, 3.05) is 4.90 Å². The van der Waals surface area contributed by atoms with Gasteiger partial charge in [-0.1, -0.05) is 6.42 Å². The van der Waals surface area contributed by atoms with Crippen molar-refractivity contribution in [3.8, 4) is 0 Å². The summed E-state index contributed by atoms with van der Waals surface area (Å²) in [7, 11) is 0. The van der Waals surface area contributed by atoms with Crippen molar-refractivity contribution in [3.63, 3.8) is 0 Å². The first kappa shape index (κ1) is 16.2. The van der Waals surface area contributed by atoms with Gasteiger partial charge < -0.3 is 11.5 Å². The summed E-state index contributed by atoms with van der Waals surface area (Å²) in [6, 6.07) is 2.14. The molecule has 128 valence electrons. The summed E-state index contributed by atoms with van der Waals surface area (Å²) in [4.78, 5) is 20.9. The zero-order chi connectivity index (χ0) is 17.5. The maximum Gasteiger partial charge on any atom is 0.296 e. The smallest absolute Gasteiger partial charge is 0.296 e. The van der Waals surface area contributed by atoms with E-state index in [0.29, 0.717) is 18.4 Å². The third kappa shape index (κ3) is 2.55. The SMILES string of the molecule is Cc1cc(F)cc([N+](=O)[O-])c1N1C(N)=NC(N)=NC12CCCCC2. The summed E-state index contributed by atoms with van der Waals surface area (Å²) in [6.45, 7) is 1.61. The Hall–Kier alpha value is -2.71. The topological polar surface area (TPSA) is 123 Å². The van der Waals surface area contributed by atoms with Crippen LogP contribution in [0.3, 0.4) is 0 Å². The van der Waals surface area contributed by atoms with Gasteiger partial charge in [-0.3, -0.25) is 15.0 Å². The average Bonchev–Trinajstić information content (AvgIpc) is 2.48. The van der Waals surface area contributed by atoms with Gasteiger partial charge in [0.05, 0.1) is 11.0 Å². The summed E-state index contributed by atoms with van der Waals surface area (Å²) in [5, 5.41) is 11.5. The van der Waals surface area contributed by atoms with Crippen molar-refractivity contribution in [1.82, 2.24) is 0 Å². The molecule has 1 aromatic rings. The Morgan fingerprint density at radius 2 is 1.96 bits per heavy atom. The van der Waals surface area contributed by atoms with E-state index < -0.39 is 16.4 Å². The van der Waals surface area contributed by atoms with Crippen LogP contribution in [-0.2, 0) is 0 Å². The molecule has 0 aromatic heterocycles. The van der Waals surface area contributed by atoms with Crippen LogP contribution in [0.2, 0.25) is 0 Å². The summed E-state index contributed by atoms with van der Waals surface area (Å²) in [5.74, 6) is -0.563. The number of hydrogen-bond acceptors (Lipinski definition) is 7. The fourth-order valence-corrected chi connectivity index (χ4v) is 3.59. The number of rotatable bonds is 2. The predicted octanol–water partition coefficient (Wildman–Crippen LogP) is 2.15. The molecular formula is C15H19FN6O2. The third-order valence-electron chi connectivity index (χ3n) is 4.52. The van der Waals surface area contributed by atoms with Crippen molar-refractivity contribution in [1.29, 1.82) is 0 Å². The summed E-state index contributed by atoms with van der Waals surface area (Å²) in [5.41, 5.74) is 11.3. The van der Waals surface area contributed by atoms with Crippen LogP contribution >= 0.6 is 0 Å². The molecule has 3 rings (SSSR count). The molecule has 0 radical (unpaired) electrons. The molecule has 4 N–H and O–H groups in total. The number of anilines is 1. The standard InChI is InChI=1S/C15H19FN6O2/c1-9-7-10(16)8-11(22(23)24)12(9)21-14(18)19-13(17)20-15(21)5-3-2-4-6-15/h7-8H,2-6H2,1H3,(H4,17,18,19,20). The maximum atomic E-state index is 13.7. The van der Waals surface area contributed by atoms with Crippen molar-refractivity contribution >= 4 is 23.3 Å². The van der Waals surface area contributed by atoms with Gasteiger partial charge in [0.1, 0.15) is 17.2 Å². The van der Waals surface area contributed by atoms with Gasteiger partial charge in [-0.2, -0.15) is 4.99 Å². The molecule has 1 heterocycles. The van der Waals surface area contributed by atoms with Crippen LogP contribution in [0, 0.1) is 22.9 Å². The summed E-state index contributed by atoms with van der Waals surface area (Å²) < 4.78 is 13.7. The second-order valence-corrected chi connectivity index (χ2v) is 6.17. The number of nitrogens with zero attached hydrogens (tertiary/aromatic N) is 4. The number of hydrogen-bond donors (Lipinski definition) is 2. The van der Waals surface area contributed by atoms with Gasteiger partial charge in [-0.05, 0) is 44.2 Å². The molecular weight excluding hydrogens is 315 g/mol. The lowest BCUT2D eigenvalue weighted by Gasteiger charge is -2.45. The number of benzene rings is 1. The molecule has 0 unspecified atom stereocenters. The first-order chi connectivity index (χ1) is 11.3. The zero-order valence-electron chi connectivity index (χ0n) is 13.3. The van der Waals surface area contributed by atoms with Crippen LogP contribution in [0.15, 0.2) is 22.1 Å². The van der Waals surface area contributed by atoms with E-state index >= 15 is 0 Å². The van der Waals surface area contributed by atoms with Gasteiger partial charge >= 0.3 is 0 Å². The summed E-state index contributed by atoms with van der Waals surface area (Å²) >= 11 is 0. The largest absolute Gasteiger partial charge is 0.369 e. The number of nitro benzene ring substituents is 1. The molecule has 1 aliphatic heterocycles. The lowest BCUT2D eigenvalue weighted by atomic mass is 9.86. The van der Waals surface area contributed by atoms with Crippen LogP contribution in [0.1, 0.15) is 37.7 Å². The molecule has 9 heteroatoms. The van der Waals surface area contributed by atoms with Crippen molar-refractivity contribution in [3.05, 3.63) is 33.6 Å². The molecule has 0 amide bonds. The molecule has 24 heavy (non-hydrogen) atoms. The Morgan fingerprint density at radius 1 is 1.29 bits per heavy atom. The van der Waals surface area contributed by atoms with Gasteiger partial charge in [0, 0.05) is 0 Å². The highest BCUT2D eigenvalue weighted by atomic mass is 19.1. The van der Waals surface area contributed by atoms with E-state index in [0.717, 1.165) is 25.3 Å². The van der Waals surface area contributed by atoms with E-state index in [9.17, 15) is 14.5 Å². The predicted molar refractivity (Wildman–Crippen MR) is 89.3 cm³/mol. The molecule has 1 aliphatic carbocycles. The highest BCUT2D eigenvalue weighted by molar-refractivity contribution is 6.07.